The third kappa shape index (κ3) is 5.31. The first-order valence-electron chi connectivity index (χ1n) is 11.4. The summed E-state index contributed by atoms with van der Waals surface area (Å²) in [6.45, 7) is 5.59. The predicted molar refractivity (Wildman–Crippen MR) is 132 cm³/mol. The van der Waals surface area contributed by atoms with E-state index in [4.69, 9.17) is 9.97 Å². The summed E-state index contributed by atoms with van der Waals surface area (Å²) in [4.78, 5) is 23.5. The normalized spacial score (nSPS) is 18.3. The number of nitrogens with one attached hydrogen (secondary N) is 3. The van der Waals surface area contributed by atoms with Crippen LogP contribution in [0.1, 0.15) is 38.2 Å². The lowest BCUT2D eigenvalue weighted by atomic mass is 9.91. The standard InChI is InChI=1S/C24H32N8O/c1-5-16-15-25-32-22(16)29-23(27-17-10-12-20(13-11-17)31(3)4)30-24(32)28-19-9-7-8-18(14-19)26-21(33)6-2/h6-9,14-15,17,20H,2,5,10-13H2,1,3-4H3,(H,26,33)(H2,27,28,29,30)/t17-,20-. The first-order valence-corrected chi connectivity index (χ1v) is 11.4. The zero-order valence-corrected chi connectivity index (χ0v) is 19.5. The van der Waals surface area contributed by atoms with Crippen LogP contribution < -0.4 is 16.0 Å². The van der Waals surface area contributed by atoms with Gasteiger partial charge in [-0.1, -0.05) is 19.6 Å². The highest BCUT2D eigenvalue weighted by Crippen LogP contribution is 2.26. The Bertz CT molecular complexity index is 1130. The molecule has 0 saturated heterocycles. The number of nitrogens with zero attached hydrogens (tertiary/aromatic N) is 5. The summed E-state index contributed by atoms with van der Waals surface area (Å²) in [5, 5.41) is 14.2. The molecule has 1 fully saturated rings. The van der Waals surface area contributed by atoms with Crippen molar-refractivity contribution in [2.24, 2.45) is 0 Å². The third-order valence-electron chi connectivity index (χ3n) is 6.15. The Kier molecular flexibility index (Phi) is 6.88. The van der Waals surface area contributed by atoms with Crippen molar-refractivity contribution in [1.82, 2.24) is 24.5 Å². The summed E-state index contributed by atoms with van der Waals surface area (Å²) in [5.41, 5.74) is 3.30. The summed E-state index contributed by atoms with van der Waals surface area (Å²) in [7, 11) is 4.30. The quantitative estimate of drug-likeness (QED) is 0.450. The number of carbonyl (C=O) groups is 1. The van der Waals surface area contributed by atoms with Gasteiger partial charge in [0.15, 0.2) is 5.65 Å². The molecule has 0 aliphatic heterocycles. The maximum atomic E-state index is 11.7. The van der Waals surface area contributed by atoms with Crippen LogP contribution in [0.2, 0.25) is 0 Å². The molecular weight excluding hydrogens is 416 g/mol. The van der Waals surface area contributed by atoms with E-state index >= 15 is 0 Å². The number of carbonyl (C=O) groups excluding carboxylic acids is 1. The van der Waals surface area contributed by atoms with E-state index in [1.165, 1.54) is 6.08 Å². The first kappa shape index (κ1) is 22.7. The topological polar surface area (TPSA) is 99.5 Å². The second-order valence-electron chi connectivity index (χ2n) is 8.64. The largest absolute Gasteiger partial charge is 0.351 e. The fourth-order valence-electron chi connectivity index (χ4n) is 4.23. The average molecular weight is 449 g/mol. The van der Waals surface area contributed by atoms with E-state index < -0.39 is 0 Å². The Balaban J connectivity index is 1.59. The number of hydrogen-bond acceptors (Lipinski definition) is 7. The Morgan fingerprint density at radius 2 is 1.97 bits per heavy atom. The second-order valence-corrected chi connectivity index (χ2v) is 8.64. The van der Waals surface area contributed by atoms with Crippen molar-refractivity contribution < 1.29 is 4.79 Å². The average Bonchev–Trinajstić information content (AvgIpc) is 3.23. The molecule has 4 rings (SSSR count). The van der Waals surface area contributed by atoms with Crippen molar-refractivity contribution in [3.63, 3.8) is 0 Å². The van der Waals surface area contributed by atoms with E-state index in [1.54, 1.807) is 4.52 Å². The van der Waals surface area contributed by atoms with Crippen LogP contribution in [0, 0.1) is 0 Å². The van der Waals surface area contributed by atoms with Gasteiger partial charge in [-0.05, 0) is 70.5 Å². The minimum Gasteiger partial charge on any atom is -0.351 e. The molecule has 2 heterocycles. The summed E-state index contributed by atoms with van der Waals surface area (Å²) in [5.74, 6) is 0.910. The van der Waals surface area contributed by atoms with Crippen molar-refractivity contribution in [1.29, 1.82) is 0 Å². The number of fused-ring (bicyclic) bond motifs is 1. The molecule has 0 unspecified atom stereocenters. The van der Waals surface area contributed by atoms with Gasteiger partial charge >= 0.3 is 0 Å². The number of hydrogen-bond donors (Lipinski definition) is 3. The van der Waals surface area contributed by atoms with Crippen molar-refractivity contribution >= 4 is 34.8 Å². The number of amides is 1. The first-order chi connectivity index (χ1) is 16.0. The fraction of sp³-hybridized carbons (Fsp3) is 0.417. The van der Waals surface area contributed by atoms with Crippen LogP contribution in [-0.2, 0) is 11.2 Å². The molecule has 1 aliphatic rings. The molecule has 0 atom stereocenters. The minimum absolute atomic E-state index is 0.258. The van der Waals surface area contributed by atoms with Gasteiger partial charge in [0, 0.05) is 29.0 Å². The van der Waals surface area contributed by atoms with Gasteiger partial charge < -0.3 is 20.9 Å². The van der Waals surface area contributed by atoms with Gasteiger partial charge in [0.2, 0.25) is 17.8 Å². The molecule has 1 aromatic carbocycles. The molecule has 33 heavy (non-hydrogen) atoms. The fourth-order valence-corrected chi connectivity index (χ4v) is 4.23. The van der Waals surface area contributed by atoms with E-state index in [1.807, 2.05) is 30.5 Å². The monoisotopic (exact) mass is 448 g/mol. The zero-order valence-electron chi connectivity index (χ0n) is 19.5. The maximum absolute atomic E-state index is 11.7. The summed E-state index contributed by atoms with van der Waals surface area (Å²) >= 11 is 0. The lowest BCUT2D eigenvalue weighted by molar-refractivity contribution is -0.111. The number of rotatable bonds is 8. The molecule has 2 aromatic heterocycles. The van der Waals surface area contributed by atoms with Gasteiger partial charge in [-0.2, -0.15) is 19.6 Å². The van der Waals surface area contributed by atoms with Crippen LogP contribution >= 0.6 is 0 Å². The van der Waals surface area contributed by atoms with Gasteiger partial charge in [-0.15, -0.1) is 0 Å². The van der Waals surface area contributed by atoms with Gasteiger partial charge in [0.25, 0.3) is 0 Å². The SMILES string of the molecule is C=CC(=O)Nc1cccc(Nc2nc(N[C@H]3CC[C@H](N(C)C)CC3)nc3c(CC)cnn23)c1. The second kappa shape index (κ2) is 9.99. The minimum atomic E-state index is -0.258. The lowest BCUT2D eigenvalue weighted by Crippen LogP contribution is -2.36. The molecule has 1 saturated carbocycles. The van der Waals surface area contributed by atoms with Crippen LogP contribution in [-0.4, -0.2) is 56.6 Å². The van der Waals surface area contributed by atoms with Crippen LogP contribution in [0.25, 0.3) is 5.65 Å². The number of aromatic nitrogens is 4. The van der Waals surface area contributed by atoms with E-state index in [-0.39, 0.29) is 5.91 Å². The zero-order chi connectivity index (χ0) is 23.4. The van der Waals surface area contributed by atoms with Crippen LogP contribution in [0.3, 0.4) is 0 Å². The highest BCUT2D eigenvalue weighted by atomic mass is 16.1. The Hall–Kier alpha value is -3.46. The van der Waals surface area contributed by atoms with Gasteiger partial charge in [0.1, 0.15) is 0 Å². The molecule has 174 valence electrons. The smallest absolute Gasteiger partial charge is 0.247 e. The van der Waals surface area contributed by atoms with E-state index in [0.717, 1.165) is 49.0 Å². The molecule has 0 spiro atoms. The van der Waals surface area contributed by atoms with E-state index in [9.17, 15) is 4.79 Å². The summed E-state index contributed by atoms with van der Waals surface area (Å²) < 4.78 is 1.72. The summed E-state index contributed by atoms with van der Waals surface area (Å²) in [6, 6.07) is 8.43. The molecule has 1 aliphatic carbocycles. The van der Waals surface area contributed by atoms with Gasteiger partial charge in [-0.3, -0.25) is 4.79 Å². The number of benzene rings is 1. The highest BCUT2D eigenvalue weighted by Gasteiger charge is 2.23. The van der Waals surface area contributed by atoms with Crippen molar-refractivity contribution in [2.45, 2.75) is 51.1 Å². The van der Waals surface area contributed by atoms with Gasteiger partial charge in [-0.25, -0.2) is 0 Å². The van der Waals surface area contributed by atoms with Crippen LogP contribution in [0.4, 0.5) is 23.3 Å². The highest BCUT2D eigenvalue weighted by molar-refractivity contribution is 5.99. The van der Waals surface area contributed by atoms with Gasteiger partial charge in [0.05, 0.1) is 6.20 Å². The summed E-state index contributed by atoms with van der Waals surface area (Å²) in [6.07, 6.45) is 8.41. The molecule has 3 aromatic rings. The van der Waals surface area contributed by atoms with E-state index in [2.05, 4.69) is 53.5 Å². The third-order valence-corrected chi connectivity index (χ3v) is 6.15. The molecular formula is C24H32N8O. The molecule has 1 amide bonds. The molecule has 9 nitrogen and oxygen atoms in total. The Morgan fingerprint density at radius 1 is 1.21 bits per heavy atom. The van der Waals surface area contributed by atoms with E-state index in [0.29, 0.717) is 29.7 Å². The predicted octanol–water partition coefficient (Wildman–Crippen LogP) is 3.84. The lowest BCUT2D eigenvalue weighted by Gasteiger charge is -2.33. The number of aryl methyl sites for hydroxylation is 1. The number of anilines is 4. The van der Waals surface area contributed by atoms with Crippen molar-refractivity contribution in [3.05, 3.63) is 48.7 Å². The van der Waals surface area contributed by atoms with Crippen molar-refractivity contribution in [3.8, 4) is 0 Å². The van der Waals surface area contributed by atoms with Crippen molar-refractivity contribution in [2.75, 3.05) is 30.0 Å². The van der Waals surface area contributed by atoms with Crippen LogP contribution in [0.15, 0.2) is 43.1 Å². The Labute approximate surface area is 194 Å². The molecule has 3 N–H and O–H groups in total. The molecule has 9 heteroatoms. The molecule has 0 radical (unpaired) electrons. The maximum Gasteiger partial charge on any atom is 0.247 e. The van der Waals surface area contributed by atoms with Crippen LogP contribution in [0.5, 0.6) is 0 Å². The Morgan fingerprint density at radius 3 is 2.67 bits per heavy atom. The molecule has 0 bridgehead atoms.